The maximum atomic E-state index is 12.9. The normalized spacial score (nSPS) is 14.4. The Morgan fingerprint density at radius 2 is 1.77 bits per heavy atom. The second-order valence-corrected chi connectivity index (χ2v) is 8.48. The van der Waals surface area contributed by atoms with Crippen molar-refractivity contribution in [1.29, 1.82) is 0 Å². The summed E-state index contributed by atoms with van der Waals surface area (Å²) < 4.78 is 16.8. The van der Waals surface area contributed by atoms with Crippen LogP contribution in [-0.4, -0.2) is 60.0 Å². The van der Waals surface area contributed by atoms with Gasteiger partial charge in [0.2, 0.25) is 5.78 Å². The lowest BCUT2D eigenvalue weighted by molar-refractivity contribution is -0.134. The third-order valence-corrected chi connectivity index (χ3v) is 6.05. The Balaban J connectivity index is 1.42. The fourth-order valence-corrected chi connectivity index (χ4v) is 4.17. The van der Waals surface area contributed by atoms with E-state index in [-0.39, 0.29) is 23.9 Å². The minimum absolute atomic E-state index is 0.0692. The number of piperidine rings is 1. The van der Waals surface area contributed by atoms with Crippen molar-refractivity contribution in [2.24, 2.45) is 0 Å². The second kappa shape index (κ2) is 11.1. The molecule has 8 heteroatoms. The van der Waals surface area contributed by atoms with Crippen LogP contribution in [0.2, 0.25) is 0 Å². The molecule has 1 saturated heterocycles. The number of amides is 1. The molecule has 1 N–H and O–H groups in total. The first-order chi connectivity index (χ1) is 17.0. The molecule has 0 spiro atoms. The molecular formula is C27H30N2O6. The van der Waals surface area contributed by atoms with Crippen molar-refractivity contribution in [2.75, 3.05) is 26.3 Å². The Labute approximate surface area is 204 Å². The van der Waals surface area contributed by atoms with Gasteiger partial charge in [-0.05, 0) is 57.4 Å². The molecule has 0 bridgehead atoms. The number of Topliss-reactive ketones (excluding diaryl/α,β-unsaturated/α-hetero) is 1. The van der Waals surface area contributed by atoms with Gasteiger partial charge in [-0.15, -0.1) is 0 Å². The van der Waals surface area contributed by atoms with E-state index < -0.39 is 12.1 Å². The number of nitrogens with zero attached hydrogens (tertiary/aromatic N) is 1. The van der Waals surface area contributed by atoms with Gasteiger partial charge in [0.1, 0.15) is 0 Å². The highest BCUT2D eigenvalue weighted by molar-refractivity contribution is 6.10. The van der Waals surface area contributed by atoms with E-state index in [4.69, 9.17) is 14.2 Å². The highest BCUT2D eigenvalue weighted by atomic mass is 16.5. The van der Waals surface area contributed by atoms with Crippen LogP contribution in [0, 0.1) is 0 Å². The summed E-state index contributed by atoms with van der Waals surface area (Å²) in [4.78, 5) is 43.0. The average molecular weight is 479 g/mol. The number of para-hydroxylation sites is 1. The molecule has 1 aromatic heterocycles. The first-order valence-corrected chi connectivity index (χ1v) is 12.0. The Kier molecular flexibility index (Phi) is 7.70. The van der Waals surface area contributed by atoms with Gasteiger partial charge >= 0.3 is 5.97 Å². The second-order valence-electron chi connectivity index (χ2n) is 8.48. The number of carbonyl (C=O) groups excluding carboxylic acids is 3. The third kappa shape index (κ3) is 5.65. The number of ketones is 1. The smallest absolute Gasteiger partial charge is 0.338 e. The van der Waals surface area contributed by atoms with Crippen LogP contribution in [0.15, 0.2) is 48.7 Å². The van der Waals surface area contributed by atoms with Gasteiger partial charge in [-0.2, -0.15) is 0 Å². The van der Waals surface area contributed by atoms with Gasteiger partial charge in [-0.25, -0.2) is 4.79 Å². The molecule has 184 valence electrons. The zero-order chi connectivity index (χ0) is 24.8. The van der Waals surface area contributed by atoms with E-state index in [0.29, 0.717) is 23.7 Å². The number of benzene rings is 2. The van der Waals surface area contributed by atoms with Gasteiger partial charge in [-0.3, -0.25) is 9.59 Å². The van der Waals surface area contributed by atoms with Gasteiger partial charge in [-0.1, -0.05) is 18.2 Å². The number of aromatic amines is 1. The van der Waals surface area contributed by atoms with Crippen LogP contribution < -0.4 is 9.47 Å². The summed E-state index contributed by atoms with van der Waals surface area (Å²) in [7, 11) is 0. The summed E-state index contributed by atoms with van der Waals surface area (Å²) >= 11 is 0. The highest BCUT2D eigenvalue weighted by Crippen LogP contribution is 2.29. The molecule has 2 aromatic carbocycles. The molecular weight excluding hydrogens is 448 g/mol. The fraction of sp³-hybridized carbons (Fsp3) is 0.370. The van der Waals surface area contributed by atoms with Crippen molar-refractivity contribution in [1.82, 2.24) is 9.88 Å². The summed E-state index contributed by atoms with van der Waals surface area (Å²) in [5.74, 6) is -0.305. The number of carbonyl (C=O) groups is 3. The van der Waals surface area contributed by atoms with Crippen molar-refractivity contribution in [3.8, 4) is 11.5 Å². The molecule has 1 unspecified atom stereocenters. The molecule has 0 aliphatic carbocycles. The largest absolute Gasteiger partial charge is 0.490 e. The topological polar surface area (TPSA) is 97.9 Å². The number of aromatic nitrogens is 1. The zero-order valence-corrected chi connectivity index (χ0v) is 20.0. The highest BCUT2D eigenvalue weighted by Gasteiger charge is 2.24. The van der Waals surface area contributed by atoms with Gasteiger partial charge < -0.3 is 24.1 Å². The summed E-state index contributed by atoms with van der Waals surface area (Å²) in [6, 6.07) is 12.1. The molecule has 8 nitrogen and oxygen atoms in total. The number of fused-ring (bicyclic) bond motifs is 1. The van der Waals surface area contributed by atoms with Gasteiger partial charge in [0.25, 0.3) is 5.91 Å². The molecule has 1 aliphatic heterocycles. The van der Waals surface area contributed by atoms with Crippen molar-refractivity contribution >= 4 is 28.6 Å². The van der Waals surface area contributed by atoms with Gasteiger partial charge in [0.05, 0.1) is 12.2 Å². The number of esters is 1. The molecule has 4 rings (SSSR count). The van der Waals surface area contributed by atoms with Crippen LogP contribution in [0.3, 0.4) is 0 Å². The Morgan fingerprint density at radius 3 is 2.54 bits per heavy atom. The summed E-state index contributed by atoms with van der Waals surface area (Å²) in [5, 5.41) is 0.777. The minimum atomic E-state index is -0.977. The lowest BCUT2D eigenvalue weighted by atomic mass is 10.1. The standard InChI is InChI=1S/C27H30N2O6/c1-3-33-24-15-19(11-12-23(24)34-17-25(30)29-13-7-4-8-14-29)27(32)35-18(2)26(31)21-16-28-22-10-6-5-9-20(21)22/h5-6,9-12,15-16,18,28H,3-4,7-8,13-14,17H2,1-2H3. The van der Waals surface area contributed by atoms with E-state index in [9.17, 15) is 14.4 Å². The first-order valence-electron chi connectivity index (χ1n) is 12.0. The Bertz CT molecular complexity index is 1210. The maximum Gasteiger partial charge on any atom is 0.338 e. The van der Waals surface area contributed by atoms with Crippen molar-refractivity contribution < 1.29 is 28.6 Å². The van der Waals surface area contributed by atoms with E-state index in [1.165, 1.54) is 12.1 Å². The Hall–Kier alpha value is -3.81. The van der Waals surface area contributed by atoms with E-state index in [1.807, 2.05) is 36.1 Å². The molecule has 1 aliphatic rings. The number of hydrogen-bond donors (Lipinski definition) is 1. The first kappa shape index (κ1) is 24.3. The molecule has 3 aromatic rings. The zero-order valence-electron chi connectivity index (χ0n) is 20.0. The predicted octanol–water partition coefficient (Wildman–Crippen LogP) is 4.39. The van der Waals surface area contributed by atoms with Crippen molar-refractivity contribution in [3.05, 3.63) is 59.8 Å². The number of ether oxygens (including phenoxy) is 3. The van der Waals surface area contributed by atoms with Crippen LogP contribution in [0.1, 0.15) is 53.8 Å². The monoisotopic (exact) mass is 478 g/mol. The van der Waals surface area contributed by atoms with Crippen LogP contribution in [0.25, 0.3) is 10.9 Å². The molecule has 2 heterocycles. The summed E-state index contributed by atoms with van der Waals surface area (Å²) in [5.41, 5.74) is 1.53. The predicted molar refractivity (Wildman–Crippen MR) is 131 cm³/mol. The van der Waals surface area contributed by atoms with E-state index >= 15 is 0 Å². The Morgan fingerprint density at radius 1 is 1.00 bits per heavy atom. The van der Waals surface area contributed by atoms with Crippen LogP contribution >= 0.6 is 0 Å². The van der Waals surface area contributed by atoms with E-state index in [2.05, 4.69) is 4.98 Å². The molecule has 0 saturated carbocycles. The van der Waals surface area contributed by atoms with E-state index in [0.717, 1.165) is 43.3 Å². The molecule has 1 atom stereocenters. The number of rotatable bonds is 9. The average Bonchev–Trinajstić information content (AvgIpc) is 3.32. The van der Waals surface area contributed by atoms with Crippen molar-refractivity contribution in [3.63, 3.8) is 0 Å². The molecule has 1 amide bonds. The van der Waals surface area contributed by atoms with Crippen LogP contribution in [0.5, 0.6) is 11.5 Å². The number of hydrogen-bond acceptors (Lipinski definition) is 6. The summed E-state index contributed by atoms with van der Waals surface area (Å²) in [6.45, 7) is 5.12. The lowest BCUT2D eigenvalue weighted by Gasteiger charge is -2.26. The van der Waals surface area contributed by atoms with Gasteiger partial charge in [0, 0.05) is 35.8 Å². The number of nitrogens with one attached hydrogen (secondary N) is 1. The quantitative estimate of drug-likeness (QED) is 0.362. The van der Waals surface area contributed by atoms with Gasteiger partial charge in [0.15, 0.2) is 24.2 Å². The fourth-order valence-electron chi connectivity index (χ4n) is 4.17. The minimum Gasteiger partial charge on any atom is -0.490 e. The molecule has 35 heavy (non-hydrogen) atoms. The van der Waals surface area contributed by atoms with Crippen molar-refractivity contribution in [2.45, 2.75) is 39.2 Å². The van der Waals surface area contributed by atoms with Crippen LogP contribution in [0.4, 0.5) is 0 Å². The van der Waals surface area contributed by atoms with E-state index in [1.54, 1.807) is 19.2 Å². The SMILES string of the molecule is CCOc1cc(C(=O)OC(C)C(=O)c2c[nH]c3ccccc23)ccc1OCC(=O)N1CCCCC1. The molecule has 1 fully saturated rings. The summed E-state index contributed by atoms with van der Waals surface area (Å²) in [6.07, 6.45) is 3.81. The molecule has 0 radical (unpaired) electrons. The lowest BCUT2D eigenvalue weighted by Crippen LogP contribution is -2.38. The maximum absolute atomic E-state index is 12.9. The number of H-pyrrole nitrogens is 1. The van der Waals surface area contributed by atoms with Crippen LogP contribution in [-0.2, 0) is 9.53 Å². The number of likely N-dealkylation sites (tertiary alicyclic amines) is 1. The third-order valence-electron chi connectivity index (χ3n) is 6.05.